The van der Waals surface area contributed by atoms with Crippen molar-refractivity contribution in [2.24, 2.45) is 0 Å². The van der Waals surface area contributed by atoms with E-state index in [1.165, 1.54) is 0 Å². The quantitative estimate of drug-likeness (QED) is 0.587. The molecule has 0 saturated heterocycles. The average molecular weight is 278 g/mol. The van der Waals surface area contributed by atoms with Crippen LogP contribution in [0.15, 0.2) is 47.7 Å². The van der Waals surface area contributed by atoms with Gasteiger partial charge in [0.15, 0.2) is 5.82 Å². The van der Waals surface area contributed by atoms with E-state index in [9.17, 15) is 4.79 Å². The highest BCUT2D eigenvalue weighted by molar-refractivity contribution is 6.48. The van der Waals surface area contributed by atoms with Gasteiger partial charge in [0.05, 0.1) is 0 Å². The molecule has 1 aliphatic rings. The molecule has 0 atom stereocenters. The van der Waals surface area contributed by atoms with Gasteiger partial charge in [0.25, 0.3) is 13.3 Å². The number of anilines is 1. The van der Waals surface area contributed by atoms with E-state index in [0.29, 0.717) is 22.9 Å². The van der Waals surface area contributed by atoms with Crippen LogP contribution in [0, 0.1) is 0 Å². The lowest BCUT2D eigenvalue weighted by molar-refractivity contribution is -0.112. The fourth-order valence-electron chi connectivity index (χ4n) is 2.21. The van der Waals surface area contributed by atoms with Crippen molar-refractivity contribution < 1.29 is 4.79 Å². The van der Waals surface area contributed by atoms with Crippen molar-refractivity contribution in [1.29, 1.82) is 0 Å². The topological polar surface area (TPSA) is 72.7 Å². The molecular weight excluding hydrogens is 265 g/mol. The van der Waals surface area contributed by atoms with E-state index in [2.05, 4.69) is 20.5 Å². The van der Waals surface area contributed by atoms with Crippen LogP contribution < -0.4 is 5.32 Å². The molecule has 2 aromatic heterocycles. The van der Waals surface area contributed by atoms with Crippen molar-refractivity contribution in [2.45, 2.75) is 13.8 Å². The maximum absolute atomic E-state index is 12.4. The van der Waals surface area contributed by atoms with Gasteiger partial charge in [0.1, 0.15) is 17.8 Å². The molecule has 0 fully saturated rings. The number of aromatic nitrogens is 4. The molecule has 1 radical (unpaired) electrons. The van der Waals surface area contributed by atoms with E-state index < -0.39 is 0 Å². The number of rotatable bonds is 0. The van der Waals surface area contributed by atoms with Gasteiger partial charge in [-0.3, -0.25) is 4.79 Å². The van der Waals surface area contributed by atoms with Gasteiger partial charge in [0.2, 0.25) is 0 Å². The minimum atomic E-state index is -0.192. The molecule has 0 unspecified atom stereocenters. The molecule has 6 nitrogen and oxygen atoms in total. The summed E-state index contributed by atoms with van der Waals surface area (Å²) in [6.07, 6.45) is 5.25. The van der Waals surface area contributed by atoms with E-state index in [0.717, 1.165) is 5.47 Å². The van der Waals surface area contributed by atoms with Crippen LogP contribution in [0.4, 0.5) is 5.82 Å². The maximum atomic E-state index is 12.4. The van der Waals surface area contributed by atoms with Crippen LogP contribution in [0.2, 0.25) is 0 Å². The van der Waals surface area contributed by atoms with Crippen molar-refractivity contribution in [3.8, 4) is 11.5 Å². The van der Waals surface area contributed by atoms with Crippen LogP contribution in [0.25, 0.3) is 11.5 Å². The fourth-order valence-corrected chi connectivity index (χ4v) is 2.21. The highest BCUT2D eigenvalue weighted by Crippen LogP contribution is 2.21. The molecule has 3 rings (SSSR count). The van der Waals surface area contributed by atoms with Crippen LogP contribution in [0.3, 0.4) is 0 Å². The van der Waals surface area contributed by atoms with E-state index in [1.807, 2.05) is 39.5 Å². The molecule has 7 heteroatoms. The third-order valence-corrected chi connectivity index (χ3v) is 3.23. The van der Waals surface area contributed by atoms with Gasteiger partial charge in [-0.1, -0.05) is 23.7 Å². The van der Waals surface area contributed by atoms with Crippen LogP contribution in [-0.4, -0.2) is 33.0 Å². The molecule has 103 valence electrons. The number of allylic oxidation sites excluding steroid dienone is 2. The molecule has 1 N–H and O–H groups in total. The zero-order valence-corrected chi connectivity index (χ0v) is 11.7. The molecule has 3 heterocycles. The summed E-state index contributed by atoms with van der Waals surface area (Å²) < 4.78 is 1.77. The molecule has 0 saturated carbocycles. The smallest absolute Gasteiger partial charge is 0.294 e. The largest absolute Gasteiger partial charge is 0.357 e. The van der Waals surface area contributed by atoms with Gasteiger partial charge < -0.3 is 9.79 Å². The van der Waals surface area contributed by atoms with E-state index in [4.69, 9.17) is 0 Å². The highest BCUT2D eigenvalue weighted by atomic mass is 16.1. The zero-order chi connectivity index (χ0) is 14.8. The Bertz CT molecular complexity index is 762. The lowest BCUT2D eigenvalue weighted by atomic mass is 9.75. The number of hydrogen-bond donors (Lipinski definition) is 1. The van der Waals surface area contributed by atoms with Gasteiger partial charge in [-0.25, -0.2) is 4.98 Å². The molecule has 21 heavy (non-hydrogen) atoms. The van der Waals surface area contributed by atoms with Gasteiger partial charge in [-0.15, -0.1) is 10.2 Å². The monoisotopic (exact) mass is 278 g/mol. The van der Waals surface area contributed by atoms with Crippen molar-refractivity contribution >= 4 is 19.1 Å². The van der Waals surface area contributed by atoms with Gasteiger partial charge >= 0.3 is 0 Å². The van der Waals surface area contributed by atoms with E-state index in [-0.39, 0.29) is 5.91 Å². The second-order valence-corrected chi connectivity index (χ2v) is 4.50. The Morgan fingerprint density at radius 1 is 1.29 bits per heavy atom. The molecular formula is C14H13BN5O. The minimum Gasteiger partial charge on any atom is -0.357 e. The van der Waals surface area contributed by atoms with Crippen LogP contribution in [0.1, 0.15) is 13.8 Å². The predicted octanol–water partition coefficient (Wildman–Crippen LogP) is 1.61. The summed E-state index contributed by atoms with van der Waals surface area (Å²) in [6, 6.07) is 5.40. The normalized spacial score (nSPS) is 18.1. The predicted molar refractivity (Wildman–Crippen MR) is 80.5 cm³/mol. The molecule has 1 aliphatic heterocycles. The second kappa shape index (κ2) is 5.36. The maximum Gasteiger partial charge on any atom is 0.294 e. The third-order valence-electron chi connectivity index (χ3n) is 3.23. The Labute approximate surface area is 122 Å². The third kappa shape index (κ3) is 2.38. The molecule has 0 aromatic carbocycles. The van der Waals surface area contributed by atoms with Crippen molar-refractivity contribution in [3.05, 3.63) is 47.7 Å². The fraction of sp³-hybridized carbons (Fsp3) is 0.143. The van der Waals surface area contributed by atoms with E-state index >= 15 is 0 Å². The van der Waals surface area contributed by atoms with Crippen LogP contribution in [-0.2, 0) is 4.79 Å². The lowest BCUT2D eigenvalue weighted by Crippen LogP contribution is -2.23. The van der Waals surface area contributed by atoms with Crippen molar-refractivity contribution in [3.63, 3.8) is 0 Å². The molecule has 2 aromatic rings. The Kier molecular flexibility index (Phi) is 3.39. The van der Waals surface area contributed by atoms with E-state index in [1.54, 1.807) is 22.9 Å². The summed E-state index contributed by atoms with van der Waals surface area (Å²) in [5.41, 5.74) is 2.02. The van der Waals surface area contributed by atoms with Crippen molar-refractivity contribution in [2.75, 3.05) is 5.32 Å². The number of hydrogen-bond acceptors (Lipinski definition) is 4. The lowest BCUT2D eigenvalue weighted by Gasteiger charge is -2.15. The summed E-state index contributed by atoms with van der Waals surface area (Å²) in [7, 11) is 1.82. The summed E-state index contributed by atoms with van der Waals surface area (Å²) in [4.78, 5) is 16.8. The van der Waals surface area contributed by atoms with Crippen molar-refractivity contribution in [1.82, 2.24) is 19.7 Å². The first-order valence-corrected chi connectivity index (χ1v) is 6.59. The number of amides is 1. The summed E-state index contributed by atoms with van der Waals surface area (Å²) in [6.45, 7) is 3.71. The highest BCUT2D eigenvalue weighted by Gasteiger charge is 2.20. The SMILES string of the molecule is C/C=C1/[B]n2cnnc2-c2cccc(n2)NC(=O)/C1=C/C. The Balaban J connectivity index is 2.21. The second-order valence-electron chi connectivity index (χ2n) is 4.50. The molecule has 0 aliphatic carbocycles. The first-order chi connectivity index (χ1) is 10.2. The average Bonchev–Trinajstić information content (AvgIpc) is 2.94. The summed E-state index contributed by atoms with van der Waals surface area (Å²) in [5, 5.41) is 10.8. The first kappa shape index (κ1) is 13.3. The number of nitrogens with one attached hydrogen (secondary N) is 1. The molecule has 1 amide bonds. The Morgan fingerprint density at radius 2 is 2.14 bits per heavy atom. The van der Waals surface area contributed by atoms with Crippen LogP contribution in [0.5, 0.6) is 0 Å². The molecule has 2 bridgehead atoms. The standard InChI is InChI=1S/C14H13BN5O/c1-3-9-10(4-2)15-20-8-16-19-13(20)11-6-5-7-12(17-11)18-14(9)21/h3-8H,1-2H3,(H,17,18,21)/b9-3+,10-4+. The summed E-state index contributed by atoms with van der Waals surface area (Å²) in [5.74, 6) is 0.926. The number of fused-ring (bicyclic) bond motifs is 4. The Morgan fingerprint density at radius 3 is 2.90 bits per heavy atom. The summed E-state index contributed by atoms with van der Waals surface area (Å²) >= 11 is 0. The molecule has 0 spiro atoms. The zero-order valence-electron chi connectivity index (χ0n) is 11.7. The minimum absolute atomic E-state index is 0.192. The van der Waals surface area contributed by atoms with Gasteiger partial charge in [0, 0.05) is 5.57 Å². The number of nitrogens with zero attached hydrogens (tertiary/aromatic N) is 4. The number of pyridine rings is 1. The van der Waals surface area contributed by atoms with Gasteiger partial charge in [-0.05, 0) is 26.0 Å². The first-order valence-electron chi connectivity index (χ1n) is 6.59. The van der Waals surface area contributed by atoms with Gasteiger partial charge in [-0.2, -0.15) is 0 Å². The number of carbonyl (C=O) groups is 1. The van der Waals surface area contributed by atoms with Crippen LogP contribution >= 0.6 is 0 Å². The number of carbonyl (C=O) groups excluding carboxylic acids is 1. The Hall–Kier alpha value is -2.70.